The molecule has 0 saturated heterocycles. The molecule has 0 amide bonds. The Morgan fingerprint density at radius 2 is 2.30 bits per heavy atom. The largest absolute Gasteiger partial charge is 0.365 e. The fourth-order valence-corrected chi connectivity index (χ4v) is 1.67. The number of thiol groups is 1. The summed E-state index contributed by atoms with van der Waals surface area (Å²) in [5, 5.41) is 0. The first-order valence-corrected chi connectivity index (χ1v) is 5.11. The molecule has 1 aliphatic rings. The molecule has 0 radical (unpaired) electrons. The number of rotatable bonds is 3. The van der Waals surface area contributed by atoms with Crippen molar-refractivity contribution in [2.45, 2.75) is 36.0 Å². The number of hydrogen-bond acceptors (Lipinski definition) is 3. The normalized spacial score (nSPS) is 35.1. The highest BCUT2D eigenvalue weighted by Crippen LogP contribution is 2.25. The van der Waals surface area contributed by atoms with E-state index in [1.54, 1.807) is 0 Å². The minimum atomic E-state index is 0.337. The molecule has 1 atom stereocenters. The SMILES string of the molecule is CC(I)O[C@H]1C[C@@H](NS)C1. The van der Waals surface area contributed by atoms with Crippen molar-refractivity contribution >= 4 is 35.4 Å². The predicted molar refractivity (Wildman–Crippen MR) is 53.5 cm³/mol. The van der Waals surface area contributed by atoms with Gasteiger partial charge >= 0.3 is 0 Å². The topological polar surface area (TPSA) is 21.3 Å². The van der Waals surface area contributed by atoms with Crippen LogP contribution in [0.2, 0.25) is 0 Å². The summed E-state index contributed by atoms with van der Waals surface area (Å²) in [6.45, 7) is 2.06. The van der Waals surface area contributed by atoms with Gasteiger partial charge in [-0.3, -0.25) is 4.72 Å². The first-order valence-electron chi connectivity index (χ1n) is 3.41. The molecule has 0 bridgehead atoms. The van der Waals surface area contributed by atoms with E-state index in [1.165, 1.54) is 0 Å². The van der Waals surface area contributed by atoms with Crippen LogP contribution in [-0.4, -0.2) is 16.3 Å². The summed E-state index contributed by atoms with van der Waals surface area (Å²) in [4.78, 5) is 0. The van der Waals surface area contributed by atoms with E-state index in [2.05, 4.69) is 47.1 Å². The minimum Gasteiger partial charge on any atom is -0.365 e. The van der Waals surface area contributed by atoms with Crippen LogP contribution in [0.15, 0.2) is 0 Å². The van der Waals surface area contributed by atoms with Gasteiger partial charge in [0.05, 0.1) is 6.10 Å². The van der Waals surface area contributed by atoms with E-state index in [0.717, 1.165) is 12.8 Å². The zero-order valence-electron chi connectivity index (χ0n) is 5.88. The molecule has 0 aromatic rings. The molecule has 2 nitrogen and oxygen atoms in total. The molecule has 1 unspecified atom stereocenters. The molecule has 1 aliphatic carbocycles. The van der Waals surface area contributed by atoms with Crippen LogP contribution in [0.3, 0.4) is 0 Å². The minimum absolute atomic E-state index is 0.337. The van der Waals surface area contributed by atoms with E-state index in [9.17, 15) is 0 Å². The Hall–Kier alpha value is 1.000. The lowest BCUT2D eigenvalue weighted by Crippen LogP contribution is -2.42. The van der Waals surface area contributed by atoms with Gasteiger partial charge in [0, 0.05) is 6.04 Å². The molecule has 0 spiro atoms. The van der Waals surface area contributed by atoms with E-state index in [1.807, 2.05) is 0 Å². The number of hydrogen-bond donors (Lipinski definition) is 2. The maximum atomic E-state index is 5.53. The molecular weight excluding hydrogens is 261 g/mol. The monoisotopic (exact) mass is 273 g/mol. The van der Waals surface area contributed by atoms with Gasteiger partial charge < -0.3 is 4.74 Å². The van der Waals surface area contributed by atoms with Crippen LogP contribution in [0, 0.1) is 0 Å². The van der Waals surface area contributed by atoms with E-state index in [-0.39, 0.29) is 0 Å². The Morgan fingerprint density at radius 3 is 2.70 bits per heavy atom. The van der Waals surface area contributed by atoms with Crippen molar-refractivity contribution in [1.29, 1.82) is 0 Å². The van der Waals surface area contributed by atoms with Crippen molar-refractivity contribution in [3.63, 3.8) is 0 Å². The summed E-state index contributed by atoms with van der Waals surface area (Å²) in [6, 6.07) is 0.573. The van der Waals surface area contributed by atoms with E-state index in [0.29, 0.717) is 16.3 Å². The zero-order chi connectivity index (χ0) is 7.56. The van der Waals surface area contributed by atoms with Gasteiger partial charge in [0.25, 0.3) is 0 Å². The molecule has 1 N–H and O–H groups in total. The summed E-state index contributed by atoms with van der Waals surface area (Å²) >= 11 is 6.24. The number of ether oxygens (including phenoxy) is 1. The fourth-order valence-electron chi connectivity index (χ4n) is 1.05. The third kappa shape index (κ3) is 2.56. The van der Waals surface area contributed by atoms with Crippen molar-refractivity contribution in [3.8, 4) is 0 Å². The zero-order valence-corrected chi connectivity index (χ0v) is 8.93. The number of nitrogens with one attached hydrogen (secondary N) is 1. The number of alkyl halides is 1. The molecule has 1 rings (SSSR count). The maximum Gasteiger partial charge on any atom is 0.106 e. The molecule has 4 heteroatoms. The second-order valence-corrected chi connectivity index (χ2v) is 4.61. The third-order valence-corrected chi connectivity index (χ3v) is 2.32. The molecule has 0 aromatic heterocycles. The van der Waals surface area contributed by atoms with Gasteiger partial charge in [-0.1, -0.05) is 35.4 Å². The van der Waals surface area contributed by atoms with Crippen molar-refractivity contribution in [1.82, 2.24) is 4.72 Å². The molecule has 1 fully saturated rings. The molecule has 0 aliphatic heterocycles. The Labute approximate surface area is 80.8 Å². The van der Waals surface area contributed by atoms with Gasteiger partial charge in [0.15, 0.2) is 0 Å². The fraction of sp³-hybridized carbons (Fsp3) is 1.00. The van der Waals surface area contributed by atoms with Crippen LogP contribution in [0.1, 0.15) is 19.8 Å². The molecule has 10 heavy (non-hydrogen) atoms. The smallest absolute Gasteiger partial charge is 0.106 e. The van der Waals surface area contributed by atoms with E-state index >= 15 is 0 Å². The average molecular weight is 273 g/mol. The van der Waals surface area contributed by atoms with Crippen molar-refractivity contribution in [3.05, 3.63) is 0 Å². The van der Waals surface area contributed by atoms with Crippen LogP contribution in [0.4, 0.5) is 0 Å². The first kappa shape index (κ1) is 9.09. The van der Waals surface area contributed by atoms with Gasteiger partial charge in [-0.2, -0.15) is 0 Å². The van der Waals surface area contributed by atoms with Crippen molar-refractivity contribution in [2.24, 2.45) is 0 Å². The lowest BCUT2D eigenvalue weighted by Gasteiger charge is -2.35. The van der Waals surface area contributed by atoms with Crippen LogP contribution in [-0.2, 0) is 4.74 Å². The van der Waals surface area contributed by atoms with E-state index < -0.39 is 0 Å². The second kappa shape index (κ2) is 4.13. The van der Waals surface area contributed by atoms with Crippen LogP contribution in [0.5, 0.6) is 0 Å². The van der Waals surface area contributed by atoms with Crippen molar-refractivity contribution < 1.29 is 4.74 Å². The Bertz CT molecular complexity index is 106. The van der Waals surface area contributed by atoms with Gasteiger partial charge in [-0.05, 0) is 19.8 Å². The summed E-state index contributed by atoms with van der Waals surface area (Å²) in [5.74, 6) is 0. The van der Waals surface area contributed by atoms with Crippen LogP contribution in [0.25, 0.3) is 0 Å². The Kier molecular flexibility index (Phi) is 3.76. The average Bonchev–Trinajstić information content (AvgIpc) is 1.76. The standard InChI is InChI=1S/C6H12INOS/c1-4(7)9-6-2-5(3-6)8-10/h4-6,8,10H,2-3H2,1H3/t4?,5-,6+. The van der Waals surface area contributed by atoms with Gasteiger partial charge in [0.1, 0.15) is 4.11 Å². The highest BCUT2D eigenvalue weighted by atomic mass is 127. The highest BCUT2D eigenvalue weighted by Gasteiger charge is 2.29. The second-order valence-electron chi connectivity index (χ2n) is 2.60. The lowest BCUT2D eigenvalue weighted by atomic mass is 9.90. The maximum absolute atomic E-state index is 5.53. The van der Waals surface area contributed by atoms with Gasteiger partial charge in [-0.25, -0.2) is 0 Å². The highest BCUT2D eigenvalue weighted by molar-refractivity contribution is 14.1. The quantitative estimate of drug-likeness (QED) is 0.464. The summed E-state index contributed by atoms with van der Waals surface area (Å²) in [5.41, 5.74) is 0. The summed E-state index contributed by atoms with van der Waals surface area (Å²) in [6.07, 6.45) is 2.68. The van der Waals surface area contributed by atoms with E-state index in [4.69, 9.17) is 4.74 Å². The molecule has 60 valence electrons. The molecular formula is C6H12INOS. The van der Waals surface area contributed by atoms with Gasteiger partial charge in [0.2, 0.25) is 0 Å². The Morgan fingerprint density at radius 1 is 1.70 bits per heavy atom. The predicted octanol–water partition coefficient (Wildman–Crippen LogP) is 1.75. The molecule has 0 aromatic carbocycles. The third-order valence-electron chi connectivity index (χ3n) is 1.66. The molecule has 1 saturated carbocycles. The Balaban J connectivity index is 2.03. The van der Waals surface area contributed by atoms with Crippen molar-refractivity contribution in [2.75, 3.05) is 0 Å². The first-order chi connectivity index (χ1) is 4.72. The molecule has 0 heterocycles. The van der Waals surface area contributed by atoms with Crippen LogP contribution >= 0.6 is 35.4 Å². The summed E-state index contributed by atoms with van der Waals surface area (Å²) < 4.78 is 8.78. The van der Waals surface area contributed by atoms with Gasteiger partial charge in [-0.15, -0.1) is 0 Å². The van der Waals surface area contributed by atoms with Crippen LogP contribution < -0.4 is 4.72 Å². The lowest BCUT2D eigenvalue weighted by molar-refractivity contribution is -0.0122. The number of halogens is 1. The summed E-state index contributed by atoms with van der Waals surface area (Å²) in [7, 11) is 0.